The number of likely N-dealkylation sites (tertiary alicyclic amines) is 1. The number of β-amino-alcohol motifs (C(OH)–C–C–N with tert-alkyl or cyclic N) is 1. The Morgan fingerprint density at radius 1 is 1.29 bits per heavy atom. The predicted octanol–water partition coefficient (Wildman–Crippen LogP) is 2.34. The summed E-state index contributed by atoms with van der Waals surface area (Å²) in [5, 5.41) is 18.6. The molecule has 5 nitrogen and oxygen atoms in total. The van der Waals surface area contributed by atoms with Crippen molar-refractivity contribution >= 4 is 5.91 Å². The molecule has 0 unspecified atom stereocenters. The number of hydrogen-bond acceptors (Lipinski definition) is 4. The van der Waals surface area contributed by atoms with Crippen molar-refractivity contribution in [3.8, 4) is 11.8 Å². The Morgan fingerprint density at radius 3 is 2.88 bits per heavy atom. The first-order valence-corrected chi connectivity index (χ1v) is 7.85. The average Bonchev–Trinajstić information content (AvgIpc) is 3.06. The van der Waals surface area contributed by atoms with Gasteiger partial charge in [0.1, 0.15) is 18.4 Å². The zero-order valence-electron chi connectivity index (χ0n) is 13.2. The maximum Gasteiger partial charge on any atom is 0.253 e. The summed E-state index contributed by atoms with van der Waals surface area (Å²) in [5.74, 6) is 0.449. The van der Waals surface area contributed by atoms with E-state index in [2.05, 4.69) is 6.07 Å². The molecular weight excluding hydrogens is 304 g/mol. The Balaban J connectivity index is 1.69. The first kappa shape index (κ1) is 16.0. The largest absolute Gasteiger partial charge is 0.488 e. The highest BCUT2D eigenvalue weighted by Crippen LogP contribution is 2.19. The monoisotopic (exact) mass is 322 g/mol. The summed E-state index contributed by atoms with van der Waals surface area (Å²) >= 11 is 0. The molecule has 24 heavy (non-hydrogen) atoms. The number of aliphatic hydroxyl groups excluding tert-OH is 1. The highest BCUT2D eigenvalue weighted by Gasteiger charge is 2.25. The molecule has 0 bridgehead atoms. The first-order chi connectivity index (χ1) is 11.7. The van der Waals surface area contributed by atoms with E-state index in [-0.39, 0.29) is 12.5 Å². The van der Waals surface area contributed by atoms with Crippen LogP contribution in [-0.2, 0) is 6.61 Å². The van der Waals surface area contributed by atoms with Crippen LogP contribution >= 0.6 is 0 Å². The Kier molecular flexibility index (Phi) is 4.78. The molecule has 5 heteroatoms. The number of ether oxygens (including phenoxy) is 1. The van der Waals surface area contributed by atoms with Gasteiger partial charge in [-0.1, -0.05) is 24.3 Å². The van der Waals surface area contributed by atoms with Gasteiger partial charge in [0.05, 0.1) is 11.7 Å². The molecule has 1 N–H and O–H groups in total. The number of nitriles is 1. The van der Waals surface area contributed by atoms with Crippen molar-refractivity contribution in [3.63, 3.8) is 0 Å². The van der Waals surface area contributed by atoms with Gasteiger partial charge in [0.25, 0.3) is 5.91 Å². The minimum absolute atomic E-state index is 0.0779. The van der Waals surface area contributed by atoms with Gasteiger partial charge in [-0.2, -0.15) is 5.26 Å². The van der Waals surface area contributed by atoms with Gasteiger partial charge in [0.15, 0.2) is 0 Å². The molecule has 0 spiro atoms. The number of aliphatic hydroxyl groups is 1. The van der Waals surface area contributed by atoms with Crippen LogP contribution in [0.2, 0.25) is 0 Å². The van der Waals surface area contributed by atoms with Crippen LogP contribution in [0.3, 0.4) is 0 Å². The Hall–Kier alpha value is -2.84. The molecule has 122 valence electrons. The molecule has 1 atom stereocenters. The first-order valence-electron chi connectivity index (χ1n) is 7.85. The molecule has 0 saturated carbocycles. The summed E-state index contributed by atoms with van der Waals surface area (Å²) in [4.78, 5) is 14.1. The predicted molar refractivity (Wildman–Crippen MR) is 88.5 cm³/mol. The molecule has 1 heterocycles. The summed E-state index contributed by atoms with van der Waals surface area (Å²) < 4.78 is 5.70. The van der Waals surface area contributed by atoms with Gasteiger partial charge in [-0.25, -0.2) is 0 Å². The van der Waals surface area contributed by atoms with Crippen LogP contribution in [-0.4, -0.2) is 35.1 Å². The van der Waals surface area contributed by atoms with Gasteiger partial charge < -0.3 is 14.7 Å². The SMILES string of the molecule is N#Cc1ccccc1OCc1cccc(C(=O)N2CC[C@H](O)C2)c1. The Morgan fingerprint density at radius 2 is 2.12 bits per heavy atom. The molecular formula is C19H18N2O3. The number of rotatable bonds is 4. The Labute approximate surface area is 140 Å². The molecule has 1 aliphatic heterocycles. The molecule has 1 saturated heterocycles. The second kappa shape index (κ2) is 7.16. The molecule has 1 amide bonds. The lowest BCUT2D eigenvalue weighted by atomic mass is 10.1. The summed E-state index contributed by atoms with van der Waals surface area (Å²) in [6.07, 6.45) is 0.197. The number of carbonyl (C=O) groups excluding carboxylic acids is 1. The molecule has 0 aliphatic carbocycles. The molecule has 1 fully saturated rings. The van der Waals surface area contributed by atoms with E-state index in [0.29, 0.717) is 36.4 Å². The van der Waals surface area contributed by atoms with Crippen LogP contribution in [0.25, 0.3) is 0 Å². The fourth-order valence-electron chi connectivity index (χ4n) is 2.75. The average molecular weight is 322 g/mol. The number of para-hydroxylation sites is 1. The highest BCUT2D eigenvalue weighted by atomic mass is 16.5. The standard InChI is InChI=1S/C19H18N2O3/c20-11-16-5-1-2-7-18(16)24-13-14-4-3-6-15(10-14)19(23)21-9-8-17(22)12-21/h1-7,10,17,22H,8-9,12-13H2/t17-/m0/s1. The van der Waals surface area contributed by atoms with Crippen LogP contribution < -0.4 is 4.74 Å². The lowest BCUT2D eigenvalue weighted by Crippen LogP contribution is -2.29. The van der Waals surface area contributed by atoms with Crippen molar-refractivity contribution in [2.45, 2.75) is 19.1 Å². The summed E-state index contributed by atoms with van der Waals surface area (Å²) in [6, 6.07) is 16.4. The van der Waals surface area contributed by atoms with Crippen molar-refractivity contribution in [2.75, 3.05) is 13.1 Å². The molecule has 2 aromatic rings. The molecule has 1 aliphatic rings. The van der Waals surface area contributed by atoms with Crippen LogP contribution in [0.4, 0.5) is 0 Å². The minimum Gasteiger partial charge on any atom is -0.488 e. The van der Waals surface area contributed by atoms with Crippen molar-refractivity contribution in [1.82, 2.24) is 4.90 Å². The molecule has 0 radical (unpaired) electrons. The number of benzene rings is 2. The summed E-state index contributed by atoms with van der Waals surface area (Å²) in [5.41, 5.74) is 1.92. The van der Waals surface area contributed by atoms with E-state index >= 15 is 0 Å². The van der Waals surface area contributed by atoms with Gasteiger partial charge in [0.2, 0.25) is 0 Å². The van der Waals surface area contributed by atoms with Gasteiger partial charge in [-0.05, 0) is 36.2 Å². The number of carbonyl (C=O) groups is 1. The van der Waals surface area contributed by atoms with Gasteiger partial charge in [-0.15, -0.1) is 0 Å². The van der Waals surface area contributed by atoms with Crippen LogP contribution in [0, 0.1) is 11.3 Å². The quantitative estimate of drug-likeness (QED) is 0.937. The zero-order valence-corrected chi connectivity index (χ0v) is 13.2. The van der Waals surface area contributed by atoms with Crippen molar-refractivity contribution < 1.29 is 14.6 Å². The maximum atomic E-state index is 12.5. The van der Waals surface area contributed by atoms with Crippen molar-refractivity contribution in [3.05, 3.63) is 65.2 Å². The number of nitrogens with zero attached hydrogens (tertiary/aromatic N) is 2. The number of hydrogen-bond donors (Lipinski definition) is 1. The van der Waals surface area contributed by atoms with Crippen molar-refractivity contribution in [2.24, 2.45) is 0 Å². The zero-order chi connectivity index (χ0) is 16.9. The van der Waals surface area contributed by atoms with E-state index in [1.54, 1.807) is 35.2 Å². The van der Waals surface area contributed by atoms with E-state index in [1.165, 1.54) is 0 Å². The van der Waals surface area contributed by atoms with Gasteiger partial charge >= 0.3 is 0 Å². The lowest BCUT2D eigenvalue weighted by Gasteiger charge is -2.16. The van der Waals surface area contributed by atoms with Crippen LogP contribution in [0.15, 0.2) is 48.5 Å². The maximum absolute atomic E-state index is 12.5. The van der Waals surface area contributed by atoms with E-state index in [1.807, 2.05) is 18.2 Å². The van der Waals surface area contributed by atoms with E-state index in [4.69, 9.17) is 10.00 Å². The molecule has 0 aromatic heterocycles. The normalized spacial score (nSPS) is 16.7. The van der Waals surface area contributed by atoms with Crippen LogP contribution in [0.1, 0.15) is 27.9 Å². The Bertz CT molecular complexity index is 782. The third-order valence-electron chi connectivity index (χ3n) is 4.03. The van der Waals surface area contributed by atoms with E-state index in [9.17, 15) is 9.90 Å². The second-order valence-corrected chi connectivity index (χ2v) is 5.79. The van der Waals surface area contributed by atoms with Crippen LogP contribution in [0.5, 0.6) is 5.75 Å². The number of amides is 1. The lowest BCUT2D eigenvalue weighted by molar-refractivity contribution is 0.0765. The van der Waals surface area contributed by atoms with Gasteiger partial charge in [0, 0.05) is 18.7 Å². The molecule has 3 rings (SSSR count). The summed E-state index contributed by atoms with van der Waals surface area (Å²) in [7, 11) is 0. The fraction of sp³-hybridized carbons (Fsp3) is 0.263. The fourth-order valence-corrected chi connectivity index (χ4v) is 2.75. The summed E-state index contributed by atoms with van der Waals surface area (Å²) in [6.45, 7) is 1.24. The van der Waals surface area contributed by atoms with Gasteiger partial charge in [-0.3, -0.25) is 4.79 Å². The smallest absolute Gasteiger partial charge is 0.253 e. The van der Waals surface area contributed by atoms with E-state index < -0.39 is 6.10 Å². The minimum atomic E-state index is -0.428. The third-order valence-corrected chi connectivity index (χ3v) is 4.03. The third kappa shape index (κ3) is 3.55. The molecule has 2 aromatic carbocycles. The highest BCUT2D eigenvalue weighted by molar-refractivity contribution is 5.94. The van der Waals surface area contributed by atoms with E-state index in [0.717, 1.165) is 5.56 Å². The second-order valence-electron chi connectivity index (χ2n) is 5.79. The topological polar surface area (TPSA) is 73.6 Å². The van der Waals surface area contributed by atoms with Crippen molar-refractivity contribution in [1.29, 1.82) is 5.26 Å².